The third-order valence-corrected chi connectivity index (χ3v) is 14.4. The van der Waals surface area contributed by atoms with Crippen LogP contribution in [0.25, 0.3) is 81.0 Å². The first-order valence-electron chi connectivity index (χ1n) is 19.8. The lowest BCUT2D eigenvalue weighted by Crippen LogP contribution is -2.61. The first-order valence-corrected chi connectivity index (χ1v) is 21.4. The van der Waals surface area contributed by atoms with Crippen molar-refractivity contribution < 1.29 is 0 Å². The van der Waals surface area contributed by atoms with Crippen molar-refractivity contribution in [2.45, 2.75) is 24.9 Å². The van der Waals surface area contributed by atoms with Gasteiger partial charge in [0.1, 0.15) is 0 Å². The van der Waals surface area contributed by atoms with E-state index in [-0.39, 0.29) is 18.5 Å². The molecule has 0 amide bonds. The average Bonchev–Trinajstić information content (AvgIpc) is 3.95. The van der Waals surface area contributed by atoms with E-state index in [4.69, 9.17) is 0 Å². The van der Waals surface area contributed by atoms with Crippen molar-refractivity contribution in [2.75, 3.05) is 0 Å². The van der Waals surface area contributed by atoms with E-state index < -0.39 is 0 Å². The van der Waals surface area contributed by atoms with Crippen molar-refractivity contribution in [3.05, 3.63) is 185 Å². The highest BCUT2D eigenvalue weighted by atomic mass is 32.1. The predicted molar refractivity (Wildman–Crippen MR) is 242 cm³/mol. The zero-order chi connectivity index (χ0) is 37.5. The van der Waals surface area contributed by atoms with Crippen LogP contribution in [0.1, 0.15) is 29.9 Å². The largest absolute Gasteiger partial charge is 0.309 e. The molecule has 57 heavy (non-hydrogen) atoms. The molecule has 1 aliphatic carbocycles. The summed E-state index contributed by atoms with van der Waals surface area (Å²) in [4.78, 5) is 0. The number of aromatic nitrogens is 1. The van der Waals surface area contributed by atoms with E-state index in [2.05, 4.69) is 196 Å². The summed E-state index contributed by atoms with van der Waals surface area (Å²) in [7, 11) is 0. The van der Waals surface area contributed by atoms with Crippen molar-refractivity contribution in [2.24, 2.45) is 5.92 Å². The van der Waals surface area contributed by atoms with Gasteiger partial charge >= 0.3 is 0 Å². The number of nitrogens with zero attached hydrogens (tertiary/aromatic N) is 1. The van der Waals surface area contributed by atoms with Gasteiger partial charge in [0.05, 0.1) is 29.5 Å². The van der Waals surface area contributed by atoms with Crippen LogP contribution in [0.3, 0.4) is 0 Å². The minimum absolute atomic E-state index is 0.0410. The predicted octanol–water partition coefficient (Wildman–Crippen LogP) is 11.1. The van der Waals surface area contributed by atoms with Crippen LogP contribution in [-0.4, -0.2) is 10.7 Å². The van der Waals surface area contributed by atoms with Crippen LogP contribution in [0, 0.1) is 5.92 Å². The second kappa shape index (κ2) is 13.4. The molecule has 7 aromatic carbocycles. The molecule has 0 bridgehead atoms. The molecule has 12 rings (SSSR count). The molecule has 274 valence electrons. The number of rotatable bonds is 5. The SMILES string of the molecule is C1=c2sc3ccc(-c4cccc5c4sc4cc(-n6c7ccccc7c7ccccc76)ccc45)cc3c2=CCC1C1NC(c2ccccc2)NC(c2ccccc2)N1. The van der Waals surface area contributed by atoms with Crippen LogP contribution >= 0.6 is 22.7 Å². The van der Waals surface area contributed by atoms with Crippen LogP contribution in [-0.2, 0) is 0 Å². The van der Waals surface area contributed by atoms with Crippen LogP contribution in [0.5, 0.6) is 0 Å². The van der Waals surface area contributed by atoms with Crippen molar-refractivity contribution in [3.63, 3.8) is 0 Å². The minimum atomic E-state index is 0.0410. The van der Waals surface area contributed by atoms with E-state index in [0.717, 1.165) is 6.42 Å². The lowest BCUT2D eigenvalue weighted by molar-refractivity contribution is 0.176. The molecule has 10 aromatic rings. The highest BCUT2D eigenvalue weighted by Crippen LogP contribution is 2.42. The number of fused-ring (bicyclic) bond motifs is 9. The maximum atomic E-state index is 3.92. The van der Waals surface area contributed by atoms with Gasteiger partial charge in [-0.25, -0.2) is 0 Å². The Kier molecular flexibility index (Phi) is 7.81. The molecular formula is C51H38N4S2. The van der Waals surface area contributed by atoms with Gasteiger partial charge in [-0.1, -0.05) is 140 Å². The lowest BCUT2D eigenvalue weighted by Gasteiger charge is -2.42. The number of nitrogens with one attached hydrogen (secondary N) is 3. The van der Waals surface area contributed by atoms with E-state index >= 15 is 0 Å². The maximum absolute atomic E-state index is 3.92. The standard InChI is InChI=1S/C51H38N4S2/c1-3-12-31(13-4-1)49-52-50(32-14-5-2-6-15-32)54-51(53-49)34-22-25-40-42-28-33(23-27-45(42)56-46(40)29-34)36-18-11-19-41-39-26-24-35(30-47(39)57-48(36)41)55-43-20-9-7-16-37(43)38-17-8-10-21-44(38)55/h1-21,23-30,34,49-54H,22H2. The summed E-state index contributed by atoms with van der Waals surface area (Å²) in [5, 5.41) is 19.6. The van der Waals surface area contributed by atoms with Crippen molar-refractivity contribution >= 4 is 86.9 Å². The molecule has 3 N–H and O–H groups in total. The van der Waals surface area contributed by atoms with E-state index in [1.54, 1.807) is 0 Å². The van der Waals surface area contributed by atoms with Gasteiger partial charge in [0, 0.05) is 57.2 Å². The number of benzene rings is 7. The van der Waals surface area contributed by atoms with Gasteiger partial charge in [-0.05, 0) is 70.3 Å². The maximum Gasteiger partial charge on any atom is 0.0862 e. The highest BCUT2D eigenvalue weighted by molar-refractivity contribution is 7.26. The van der Waals surface area contributed by atoms with Crippen molar-refractivity contribution in [1.82, 2.24) is 20.5 Å². The summed E-state index contributed by atoms with van der Waals surface area (Å²) in [6.07, 6.45) is 6.16. The van der Waals surface area contributed by atoms with Gasteiger partial charge in [-0.3, -0.25) is 16.0 Å². The summed E-state index contributed by atoms with van der Waals surface area (Å²) in [6, 6.07) is 59.9. The Bertz CT molecular complexity index is 3190. The summed E-state index contributed by atoms with van der Waals surface area (Å²) in [6.45, 7) is 0. The first kappa shape index (κ1) is 33.3. The number of para-hydroxylation sites is 2. The molecule has 4 heterocycles. The van der Waals surface area contributed by atoms with Gasteiger partial charge in [0.15, 0.2) is 0 Å². The van der Waals surface area contributed by atoms with Gasteiger partial charge in [0.25, 0.3) is 0 Å². The monoisotopic (exact) mass is 770 g/mol. The van der Waals surface area contributed by atoms with Gasteiger partial charge in [-0.2, -0.15) is 0 Å². The van der Waals surface area contributed by atoms with Gasteiger partial charge < -0.3 is 4.57 Å². The third-order valence-electron chi connectivity index (χ3n) is 12.1. The number of hydrogen-bond donors (Lipinski definition) is 3. The smallest absolute Gasteiger partial charge is 0.0862 e. The Labute approximate surface area is 338 Å². The Morgan fingerprint density at radius 2 is 1.18 bits per heavy atom. The summed E-state index contributed by atoms with van der Waals surface area (Å²) in [5.74, 6) is 0.310. The number of thiophene rings is 2. The second-order valence-corrected chi connectivity index (χ2v) is 17.5. The fourth-order valence-corrected chi connectivity index (χ4v) is 11.8. The molecule has 1 aliphatic heterocycles. The quantitative estimate of drug-likeness (QED) is 0.163. The Morgan fingerprint density at radius 1 is 0.509 bits per heavy atom. The zero-order valence-corrected chi connectivity index (χ0v) is 32.7. The van der Waals surface area contributed by atoms with E-state index in [0.29, 0.717) is 5.92 Å². The van der Waals surface area contributed by atoms with E-state index in [1.165, 1.54) is 89.8 Å². The summed E-state index contributed by atoms with van der Waals surface area (Å²) < 4.78 is 7.78. The zero-order valence-electron chi connectivity index (χ0n) is 31.0. The van der Waals surface area contributed by atoms with Crippen LogP contribution < -0.4 is 25.7 Å². The molecule has 0 saturated carbocycles. The number of hydrogen-bond acceptors (Lipinski definition) is 5. The molecule has 1 fully saturated rings. The highest BCUT2D eigenvalue weighted by Gasteiger charge is 2.33. The molecule has 4 nitrogen and oxygen atoms in total. The molecule has 3 atom stereocenters. The van der Waals surface area contributed by atoms with Crippen molar-refractivity contribution in [3.8, 4) is 16.8 Å². The van der Waals surface area contributed by atoms with Crippen LogP contribution in [0.15, 0.2) is 164 Å². The van der Waals surface area contributed by atoms with Gasteiger partial charge in [0.2, 0.25) is 0 Å². The summed E-state index contributed by atoms with van der Waals surface area (Å²) in [5.41, 5.74) is 8.75. The Hall–Kier alpha value is -5.86. The van der Waals surface area contributed by atoms with Gasteiger partial charge in [-0.15, -0.1) is 22.7 Å². The molecular weight excluding hydrogens is 733 g/mol. The second-order valence-electron chi connectivity index (χ2n) is 15.4. The molecule has 0 radical (unpaired) electrons. The van der Waals surface area contributed by atoms with Crippen LogP contribution in [0.4, 0.5) is 0 Å². The van der Waals surface area contributed by atoms with Crippen molar-refractivity contribution in [1.29, 1.82) is 0 Å². The topological polar surface area (TPSA) is 41.0 Å². The fraction of sp³-hybridized carbons (Fsp3) is 0.0980. The molecule has 3 unspecified atom stereocenters. The minimum Gasteiger partial charge on any atom is -0.309 e. The molecule has 0 spiro atoms. The Morgan fingerprint density at radius 3 is 1.89 bits per heavy atom. The summed E-state index contributed by atoms with van der Waals surface area (Å²) >= 11 is 3.83. The molecule has 3 aromatic heterocycles. The van der Waals surface area contributed by atoms with E-state index in [1.807, 2.05) is 22.7 Å². The first-order chi connectivity index (χ1) is 28.2. The Balaban J connectivity index is 0.909. The normalized spacial score (nSPS) is 19.6. The third kappa shape index (κ3) is 5.52. The lowest BCUT2D eigenvalue weighted by atomic mass is 9.93. The van der Waals surface area contributed by atoms with E-state index in [9.17, 15) is 0 Å². The molecule has 6 heteroatoms. The molecule has 1 saturated heterocycles. The fourth-order valence-electron chi connectivity index (χ4n) is 9.33. The average molecular weight is 771 g/mol. The molecule has 2 aliphatic rings. The van der Waals surface area contributed by atoms with Crippen LogP contribution in [0.2, 0.25) is 0 Å².